The Morgan fingerprint density at radius 2 is 2.36 bits per heavy atom. The average molecular weight is 211 g/mol. The van der Waals surface area contributed by atoms with Gasteiger partial charge in [0, 0.05) is 17.8 Å². The molecule has 0 saturated heterocycles. The van der Waals surface area contributed by atoms with E-state index < -0.39 is 0 Å². The average Bonchev–Trinajstić information content (AvgIpc) is 2.20. The van der Waals surface area contributed by atoms with Crippen LogP contribution in [-0.4, -0.2) is 19.5 Å². The van der Waals surface area contributed by atoms with Gasteiger partial charge in [0.2, 0.25) is 0 Å². The molecule has 0 heterocycles. The van der Waals surface area contributed by atoms with Gasteiger partial charge < -0.3 is 4.74 Å². The zero-order valence-corrected chi connectivity index (χ0v) is 8.60. The number of halogens is 1. The summed E-state index contributed by atoms with van der Waals surface area (Å²) < 4.78 is 17.6. The van der Waals surface area contributed by atoms with E-state index in [1.807, 2.05) is 6.07 Å². The Hall–Kier alpha value is -1.05. The van der Waals surface area contributed by atoms with Gasteiger partial charge in [-0.15, -0.1) is 11.8 Å². The topological polar surface area (TPSA) is 33.0 Å². The third-order valence-electron chi connectivity index (χ3n) is 1.61. The van der Waals surface area contributed by atoms with Crippen molar-refractivity contribution >= 4 is 11.8 Å². The number of thioether (sulfide) groups is 1. The van der Waals surface area contributed by atoms with Crippen LogP contribution in [0.3, 0.4) is 0 Å². The summed E-state index contributed by atoms with van der Waals surface area (Å²) in [6.07, 6.45) is 0. The van der Waals surface area contributed by atoms with Crippen LogP contribution >= 0.6 is 11.8 Å². The van der Waals surface area contributed by atoms with Crippen LogP contribution in [0.4, 0.5) is 4.39 Å². The molecule has 0 spiro atoms. The lowest BCUT2D eigenvalue weighted by Crippen LogP contribution is -1.92. The molecular weight excluding hydrogens is 201 g/mol. The Morgan fingerprint density at radius 1 is 1.57 bits per heavy atom. The fraction of sp³-hybridized carbons (Fsp3) is 0.300. The van der Waals surface area contributed by atoms with E-state index >= 15 is 0 Å². The van der Waals surface area contributed by atoms with E-state index in [1.165, 1.54) is 23.9 Å². The maximum atomic E-state index is 12.7. The van der Waals surface area contributed by atoms with Crippen molar-refractivity contribution in [1.82, 2.24) is 0 Å². The Morgan fingerprint density at radius 3 is 3.00 bits per heavy atom. The summed E-state index contributed by atoms with van der Waals surface area (Å²) in [5.41, 5.74) is 0.381. The Balaban J connectivity index is 2.72. The molecule has 0 N–H and O–H groups in total. The van der Waals surface area contributed by atoms with Gasteiger partial charge >= 0.3 is 0 Å². The van der Waals surface area contributed by atoms with E-state index in [1.54, 1.807) is 13.2 Å². The smallest absolute Gasteiger partial charge is 0.124 e. The monoisotopic (exact) mass is 211 g/mol. The number of methoxy groups -OCH3 is 1. The highest BCUT2D eigenvalue weighted by atomic mass is 32.2. The third kappa shape index (κ3) is 3.02. The number of benzene rings is 1. The standard InChI is InChI=1S/C10H10FNOS/c1-13-4-5-14-10-3-2-9(11)6-8(10)7-12/h2-3,6H,4-5H2,1H3. The predicted octanol–water partition coefficient (Wildman–Crippen LogP) is 2.44. The van der Waals surface area contributed by atoms with Crippen molar-refractivity contribution in [3.8, 4) is 6.07 Å². The molecule has 14 heavy (non-hydrogen) atoms. The third-order valence-corrected chi connectivity index (χ3v) is 2.64. The first-order chi connectivity index (χ1) is 6.77. The van der Waals surface area contributed by atoms with E-state index in [4.69, 9.17) is 10.00 Å². The summed E-state index contributed by atoms with van der Waals surface area (Å²) in [5.74, 6) is 0.384. The first kappa shape index (κ1) is 11.0. The van der Waals surface area contributed by atoms with Crippen molar-refractivity contribution in [1.29, 1.82) is 5.26 Å². The number of ether oxygens (including phenoxy) is 1. The molecule has 0 fully saturated rings. The summed E-state index contributed by atoms with van der Waals surface area (Å²) >= 11 is 1.49. The van der Waals surface area contributed by atoms with E-state index in [0.717, 1.165) is 10.6 Å². The van der Waals surface area contributed by atoms with Gasteiger partial charge in [-0.1, -0.05) is 0 Å². The first-order valence-electron chi connectivity index (χ1n) is 4.09. The van der Waals surface area contributed by atoms with Crippen molar-refractivity contribution in [2.24, 2.45) is 0 Å². The van der Waals surface area contributed by atoms with Crippen LogP contribution in [0.25, 0.3) is 0 Å². The summed E-state index contributed by atoms with van der Waals surface area (Å²) in [5, 5.41) is 8.74. The zero-order valence-electron chi connectivity index (χ0n) is 7.79. The molecule has 74 valence electrons. The molecule has 1 aromatic carbocycles. The van der Waals surface area contributed by atoms with Crippen molar-refractivity contribution in [3.05, 3.63) is 29.6 Å². The largest absolute Gasteiger partial charge is 0.384 e. The predicted molar refractivity (Wildman–Crippen MR) is 53.7 cm³/mol. The Kier molecular flexibility index (Phi) is 4.44. The molecule has 1 rings (SSSR count). The molecule has 0 aliphatic rings. The van der Waals surface area contributed by atoms with Crippen LogP contribution in [-0.2, 0) is 4.74 Å². The molecule has 0 aliphatic carbocycles. The van der Waals surface area contributed by atoms with Crippen LogP contribution in [0.15, 0.2) is 23.1 Å². The van der Waals surface area contributed by atoms with Gasteiger partial charge in [-0.25, -0.2) is 4.39 Å². The molecule has 0 amide bonds. The lowest BCUT2D eigenvalue weighted by atomic mass is 10.2. The second kappa shape index (κ2) is 5.63. The Bertz CT molecular complexity index is 348. The van der Waals surface area contributed by atoms with Crippen molar-refractivity contribution in [2.45, 2.75) is 4.90 Å². The maximum Gasteiger partial charge on any atom is 0.124 e. The maximum absolute atomic E-state index is 12.7. The van der Waals surface area contributed by atoms with Crippen LogP contribution in [0, 0.1) is 17.1 Å². The van der Waals surface area contributed by atoms with Crippen LogP contribution in [0.1, 0.15) is 5.56 Å². The molecule has 0 atom stereocenters. The molecule has 0 radical (unpaired) electrons. The number of nitrogens with zero attached hydrogens (tertiary/aromatic N) is 1. The number of rotatable bonds is 4. The molecule has 0 unspecified atom stereocenters. The van der Waals surface area contributed by atoms with Gasteiger partial charge in [-0.2, -0.15) is 5.26 Å². The molecule has 0 aliphatic heterocycles. The lowest BCUT2D eigenvalue weighted by molar-refractivity contribution is 0.218. The van der Waals surface area contributed by atoms with Gasteiger partial charge in [-0.3, -0.25) is 0 Å². The minimum atomic E-state index is -0.377. The summed E-state index contributed by atoms with van der Waals surface area (Å²) in [6.45, 7) is 0.618. The van der Waals surface area contributed by atoms with E-state index in [2.05, 4.69) is 0 Å². The van der Waals surface area contributed by atoms with Crippen molar-refractivity contribution in [2.75, 3.05) is 19.5 Å². The number of hydrogen-bond acceptors (Lipinski definition) is 3. The van der Waals surface area contributed by atoms with Crippen LogP contribution in [0.5, 0.6) is 0 Å². The SMILES string of the molecule is COCCSc1ccc(F)cc1C#N. The highest BCUT2D eigenvalue weighted by Crippen LogP contribution is 2.22. The van der Waals surface area contributed by atoms with Gasteiger partial charge in [0.25, 0.3) is 0 Å². The minimum Gasteiger partial charge on any atom is -0.384 e. The van der Waals surface area contributed by atoms with Gasteiger partial charge in [0.05, 0.1) is 12.2 Å². The molecule has 4 heteroatoms. The van der Waals surface area contributed by atoms with E-state index in [-0.39, 0.29) is 5.82 Å². The fourth-order valence-corrected chi connectivity index (χ4v) is 1.84. The number of nitriles is 1. The molecule has 0 saturated carbocycles. The molecule has 1 aromatic rings. The Labute approximate surface area is 86.7 Å². The zero-order chi connectivity index (χ0) is 10.4. The lowest BCUT2D eigenvalue weighted by Gasteiger charge is -2.02. The molecule has 0 bridgehead atoms. The minimum absolute atomic E-state index is 0.377. The van der Waals surface area contributed by atoms with Crippen LogP contribution < -0.4 is 0 Å². The molecule has 0 aromatic heterocycles. The summed E-state index contributed by atoms with van der Waals surface area (Å²) in [4.78, 5) is 0.797. The highest BCUT2D eigenvalue weighted by molar-refractivity contribution is 7.99. The second-order valence-electron chi connectivity index (χ2n) is 2.59. The van der Waals surface area contributed by atoms with Gasteiger partial charge in [-0.05, 0) is 18.2 Å². The summed E-state index contributed by atoms with van der Waals surface area (Å²) in [7, 11) is 1.62. The van der Waals surface area contributed by atoms with Crippen molar-refractivity contribution in [3.63, 3.8) is 0 Å². The molecular formula is C10H10FNOS. The highest BCUT2D eigenvalue weighted by Gasteiger charge is 2.03. The van der Waals surface area contributed by atoms with Gasteiger partial charge in [0.15, 0.2) is 0 Å². The van der Waals surface area contributed by atoms with Gasteiger partial charge in [0.1, 0.15) is 11.9 Å². The number of hydrogen-bond donors (Lipinski definition) is 0. The van der Waals surface area contributed by atoms with Crippen molar-refractivity contribution < 1.29 is 9.13 Å². The summed E-state index contributed by atoms with van der Waals surface area (Å²) in [6, 6.07) is 6.18. The van der Waals surface area contributed by atoms with E-state index in [0.29, 0.717) is 12.2 Å². The second-order valence-corrected chi connectivity index (χ2v) is 3.73. The normalized spacial score (nSPS) is 9.79. The van der Waals surface area contributed by atoms with Crippen LogP contribution in [0.2, 0.25) is 0 Å². The quantitative estimate of drug-likeness (QED) is 0.566. The fourth-order valence-electron chi connectivity index (χ4n) is 0.950. The molecule has 2 nitrogen and oxygen atoms in total. The van der Waals surface area contributed by atoms with E-state index in [9.17, 15) is 4.39 Å². The first-order valence-corrected chi connectivity index (χ1v) is 5.08.